The van der Waals surface area contributed by atoms with Crippen LogP contribution in [0.25, 0.3) is 0 Å². The summed E-state index contributed by atoms with van der Waals surface area (Å²) in [6.45, 7) is 6.06. The molecule has 26 heavy (non-hydrogen) atoms. The Morgan fingerprint density at radius 3 is 2.73 bits per heavy atom. The summed E-state index contributed by atoms with van der Waals surface area (Å²) in [5.74, 6) is 0.976. The Labute approximate surface area is 153 Å². The van der Waals surface area contributed by atoms with Gasteiger partial charge in [-0.2, -0.15) is 0 Å². The Morgan fingerprint density at radius 1 is 1.31 bits per heavy atom. The van der Waals surface area contributed by atoms with E-state index in [1.165, 1.54) is 6.07 Å². The molecule has 2 aromatic rings. The lowest BCUT2D eigenvalue weighted by atomic mass is 9.82. The molecule has 5 nitrogen and oxygen atoms in total. The Morgan fingerprint density at radius 2 is 2.04 bits per heavy atom. The highest BCUT2D eigenvalue weighted by Crippen LogP contribution is 2.37. The van der Waals surface area contributed by atoms with E-state index in [4.69, 9.17) is 0 Å². The van der Waals surface area contributed by atoms with E-state index in [1.807, 2.05) is 24.9 Å². The molecule has 1 unspecified atom stereocenters. The third kappa shape index (κ3) is 3.28. The van der Waals surface area contributed by atoms with Crippen LogP contribution in [-0.2, 0) is 10.2 Å². The summed E-state index contributed by atoms with van der Waals surface area (Å²) in [5.41, 5.74) is 0.310. The molecule has 0 radical (unpaired) electrons. The molecule has 6 heteroatoms. The van der Waals surface area contributed by atoms with Crippen molar-refractivity contribution in [2.45, 2.75) is 45.1 Å². The molecule has 1 fully saturated rings. The van der Waals surface area contributed by atoms with E-state index in [2.05, 4.69) is 15.3 Å². The summed E-state index contributed by atoms with van der Waals surface area (Å²) in [4.78, 5) is 24.1. The zero-order valence-corrected chi connectivity index (χ0v) is 15.7. The van der Waals surface area contributed by atoms with Crippen LogP contribution < -0.4 is 5.32 Å². The second kappa shape index (κ2) is 7.02. The van der Waals surface area contributed by atoms with Gasteiger partial charge >= 0.3 is 0 Å². The highest BCUT2D eigenvalue weighted by Gasteiger charge is 2.41. The van der Waals surface area contributed by atoms with Crippen molar-refractivity contribution in [2.24, 2.45) is 0 Å². The van der Waals surface area contributed by atoms with Crippen LogP contribution in [0.1, 0.15) is 49.8 Å². The number of aromatic nitrogens is 2. The maximum absolute atomic E-state index is 14.3. The molecule has 138 valence electrons. The number of aryl methyl sites for hydroxylation is 1. The lowest BCUT2D eigenvalue weighted by Gasteiger charge is -2.33. The van der Waals surface area contributed by atoms with Gasteiger partial charge in [0.2, 0.25) is 5.91 Å². The molecule has 1 atom stereocenters. The van der Waals surface area contributed by atoms with E-state index in [1.54, 1.807) is 32.0 Å². The first-order valence-corrected chi connectivity index (χ1v) is 8.94. The maximum atomic E-state index is 14.3. The monoisotopic (exact) mass is 356 g/mol. The van der Waals surface area contributed by atoms with Crippen LogP contribution in [0.3, 0.4) is 0 Å². The van der Waals surface area contributed by atoms with Crippen molar-refractivity contribution >= 4 is 11.7 Å². The molecule has 1 aromatic carbocycles. The second-order valence-electron chi connectivity index (χ2n) is 7.24. The molecule has 0 spiro atoms. The second-order valence-corrected chi connectivity index (χ2v) is 7.24. The Balaban J connectivity index is 1.94. The van der Waals surface area contributed by atoms with Crippen LogP contribution in [0.2, 0.25) is 0 Å². The topological polar surface area (TPSA) is 58.1 Å². The molecule has 0 bridgehead atoms. The quantitative estimate of drug-likeness (QED) is 0.909. The summed E-state index contributed by atoms with van der Waals surface area (Å²) in [7, 11) is 1.81. The average molecular weight is 356 g/mol. The fraction of sp³-hybridized carbons (Fsp3) is 0.450. The number of carbonyl (C=O) groups is 1. The minimum absolute atomic E-state index is 0.0765. The summed E-state index contributed by atoms with van der Waals surface area (Å²) in [6, 6.07) is 8.27. The minimum Gasteiger partial charge on any atom is -0.373 e. The molecule has 1 saturated heterocycles. The molecule has 1 aromatic heterocycles. The van der Waals surface area contributed by atoms with Crippen molar-refractivity contribution in [2.75, 3.05) is 18.9 Å². The number of halogens is 1. The maximum Gasteiger partial charge on any atom is 0.233 e. The number of anilines is 1. The van der Waals surface area contributed by atoms with Gasteiger partial charge < -0.3 is 10.2 Å². The van der Waals surface area contributed by atoms with Gasteiger partial charge in [0.1, 0.15) is 17.5 Å². The number of amides is 1. The number of benzene rings is 1. The lowest BCUT2D eigenvalue weighted by molar-refractivity contribution is -0.137. The van der Waals surface area contributed by atoms with Gasteiger partial charge in [0.05, 0.1) is 17.2 Å². The number of likely N-dealkylation sites (tertiary alicyclic amines) is 1. The predicted molar refractivity (Wildman–Crippen MR) is 99.4 cm³/mol. The first-order valence-electron chi connectivity index (χ1n) is 8.94. The Bertz CT molecular complexity index is 821. The third-order valence-electron chi connectivity index (χ3n) is 5.05. The normalized spacial score (nSPS) is 17.4. The Kier molecular flexibility index (Phi) is 4.94. The van der Waals surface area contributed by atoms with E-state index in [9.17, 15) is 9.18 Å². The highest BCUT2D eigenvalue weighted by molar-refractivity contribution is 5.88. The van der Waals surface area contributed by atoms with Gasteiger partial charge in [0, 0.05) is 25.2 Å². The molecule has 3 rings (SSSR count). The van der Waals surface area contributed by atoms with Crippen molar-refractivity contribution in [1.29, 1.82) is 0 Å². The van der Waals surface area contributed by atoms with Crippen molar-refractivity contribution in [3.63, 3.8) is 0 Å². The van der Waals surface area contributed by atoms with E-state index in [0.717, 1.165) is 24.4 Å². The molecule has 1 aliphatic rings. The van der Waals surface area contributed by atoms with Gasteiger partial charge in [-0.25, -0.2) is 14.4 Å². The number of rotatable bonds is 4. The Hall–Kier alpha value is -2.50. The van der Waals surface area contributed by atoms with E-state index >= 15 is 0 Å². The zero-order valence-electron chi connectivity index (χ0n) is 15.7. The van der Waals surface area contributed by atoms with Gasteiger partial charge in [-0.3, -0.25) is 4.79 Å². The summed E-state index contributed by atoms with van der Waals surface area (Å²) in [5, 5.41) is 3.04. The number of hydrogen-bond donors (Lipinski definition) is 1. The van der Waals surface area contributed by atoms with E-state index in [0.29, 0.717) is 17.9 Å². The van der Waals surface area contributed by atoms with Crippen molar-refractivity contribution in [1.82, 2.24) is 14.9 Å². The van der Waals surface area contributed by atoms with Crippen LogP contribution in [0.15, 0.2) is 30.3 Å². The first kappa shape index (κ1) is 18.3. The minimum atomic E-state index is -0.943. The van der Waals surface area contributed by atoms with Gasteiger partial charge in [-0.05, 0) is 39.7 Å². The fourth-order valence-corrected chi connectivity index (χ4v) is 3.65. The standard InChI is InChI=1S/C20H25FN4O/c1-13-23-16(12-18(22-4)24-13)17-10-7-11-25(17)19(26)20(2,3)14-8-5-6-9-15(14)21/h5-6,8-9,12,17H,7,10-11H2,1-4H3,(H,22,23,24). The molecule has 1 aliphatic heterocycles. The summed E-state index contributed by atoms with van der Waals surface area (Å²) < 4.78 is 14.3. The number of hydrogen-bond acceptors (Lipinski definition) is 4. The molecule has 0 aliphatic carbocycles. The SMILES string of the molecule is CNc1cc(C2CCCN2C(=O)C(C)(C)c2ccccc2F)nc(C)n1. The fourth-order valence-electron chi connectivity index (χ4n) is 3.65. The molecule has 2 heterocycles. The molecule has 1 N–H and O–H groups in total. The smallest absolute Gasteiger partial charge is 0.233 e. The number of carbonyl (C=O) groups excluding carboxylic acids is 1. The van der Waals surface area contributed by atoms with Crippen LogP contribution in [0, 0.1) is 12.7 Å². The first-order chi connectivity index (χ1) is 12.3. The highest BCUT2D eigenvalue weighted by atomic mass is 19.1. The zero-order chi connectivity index (χ0) is 18.9. The van der Waals surface area contributed by atoms with Crippen LogP contribution in [-0.4, -0.2) is 34.4 Å². The predicted octanol–water partition coefficient (Wildman–Crippen LogP) is 3.61. The summed E-state index contributed by atoms with van der Waals surface area (Å²) >= 11 is 0. The largest absolute Gasteiger partial charge is 0.373 e. The number of nitrogens with zero attached hydrogens (tertiary/aromatic N) is 3. The van der Waals surface area contributed by atoms with Gasteiger partial charge in [-0.15, -0.1) is 0 Å². The van der Waals surface area contributed by atoms with E-state index in [-0.39, 0.29) is 17.8 Å². The van der Waals surface area contributed by atoms with Crippen molar-refractivity contribution in [3.8, 4) is 0 Å². The van der Waals surface area contributed by atoms with Gasteiger partial charge in [0.25, 0.3) is 0 Å². The molecule has 1 amide bonds. The van der Waals surface area contributed by atoms with E-state index < -0.39 is 5.41 Å². The molecular weight excluding hydrogens is 331 g/mol. The third-order valence-corrected chi connectivity index (χ3v) is 5.05. The van der Waals surface area contributed by atoms with Crippen LogP contribution in [0.4, 0.5) is 10.2 Å². The molecule has 0 saturated carbocycles. The van der Waals surface area contributed by atoms with Crippen LogP contribution in [0.5, 0.6) is 0 Å². The summed E-state index contributed by atoms with van der Waals surface area (Å²) in [6.07, 6.45) is 1.75. The average Bonchev–Trinajstić information content (AvgIpc) is 3.10. The van der Waals surface area contributed by atoms with Crippen LogP contribution >= 0.6 is 0 Å². The van der Waals surface area contributed by atoms with Crippen molar-refractivity contribution in [3.05, 3.63) is 53.2 Å². The lowest BCUT2D eigenvalue weighted by Crippen LogP contribution is -2.43. The van der Waals surface area contributed by atoms with Gasteiger partial charge in [0.15, 0.2) is 0 Å². The van der Waals surface area contributed by atoms with Gasteiger partial charge in [-0.1, -0.05) is 18.2 Å². The number of nitrogens with one attached hydrogen (secondary N) is 1. The molecular formula is C20H25FN4O. The van der Waals surface area contributed by atoms with Crippen molar-refractivity contribution < 1.29 is 9.18 Å².